The van der Waals surface area contributed by atoms with E-state index < -0.39 is 21.5 Å². The Morgan fingerprint density at radius 3 is 2.60 bits per heavy atom. The second-order valence-electron chi connectivity index (χ2n) is 3.40. The molecule has 1 amide bonds. The molecule has 0 saturated carbocycles. The van der Waals surface area contributed by atoms with E-state index in [9.17, 15) is 15.0 Å². The highest BCUT2D eigenvalue weighted by atomic mass is 35.6. The van der Waals surface area contributed by atoms with Gasteiger partial charge in [0.1, 0.15) is 6.09 Å². The number of carbonyl (C=O) groups is 1. The van der Waals surface area contributed by atoms with Gasteiger partial charge in [0.25, 0.3) is 0 Å². The van der Waals surface area contributed by atoms with Gasteiger partial charge in [-0.1, -0.05) is 47.0 Å². The number of carboxylic acid groups (broad SMARTS) is 1. The maximum atomic E-state index is 10.5. The van der Waals surface area contributed by atoms with Gasteiger partial charge in [-0.15, -0.1) is 0 Å². The molecule has 0 aromatic rings. The zero-order chi connectivity index (χ0) is 11.7. The van der Waals surface area contributed by atoms with Crippen LogP contribution >= 0.6 is 34.8 Å². The Morgan fingerprint density at radius 1 is 1.67 bits per heavy atom. The summed E-state index contributed by atoms with van der Waals surface area (Å²) >= 11 is 16.8. The van der Waals surface area contributed by atoms with Crippen molar-refractivity contribution in [2.45, 2.75) is 28.3 Å². The highest BCUT2D eigenvalue weighted by Gasteiger charge is 2.44. The number of alkyl halides is 3. The van der Waals surface area contributed by atoms with E-state index in [0.29, 0.717) is 6.42 Å². The van der Waals surface area contributed by atoms with E-state index in [-0.39, 0.29) is 6.42 Å². The topological polar surface area (TPSA) is 72.4 Å². The fraction of sp³-hybridized carbons (Fsp3) is 0.625. The molecule has 2 atom stereocenters. The summed E-state index contributed by atoms with van der Waals surface area (Å²) in [5, 5.41) is 22.2. The number of amides is 1. The van der Waals surface area contributed by atoms with E-state index in [0.717, 1.165) is 0 Å². The first-order chi connectivity index (χ1) is 6.75. The lowest BCUT2D eigenvalue weighted by Crippen LogP contribution is -2.58. The van der Waals surface area contributed by atoms with Crippen molar-refractivity contribution in [2.24, 2.45) is 0 Å². The van der Waals surface area contributed by atoms with Crippen molar-refractivity contribution in [3.63, 3.8) is 0 Å². The zero-order valence-electron chi connectivity index (χ0n) is 7.54. The number of hydrogen-bond acceptors (Lipinski definition) is 3. The zero-order valence-corrected chi connectivity index (χ0v) is 9.81. The smallest absolute Gasteiger partial charge is 0.193 e. The molecular formula is C8H9Cl3NO3-. The molecule has 1 aliphatic carbocycles. The van der Waals surface area contributed by atoms with Gasteiger partial charge in [0, 0.05) is 6.42 Å². The van der Waals surface area contributed by atoms with Gasteiger partial charge in [-0.25, -0.2) is 0 Å². The van der Waals surface area contributed by atoms with Gasteiger partial charge in [0.2, 0.25) is 0 Å². The van der Waals surface area contributed by atoms with Crippen molar-refractivity contribution < 1.29 is 15.0 Å². The number of rotatable bonds is 2. The van der Waals surface area contributed by atoms with Crippen LogP contribution in [0.2, 0.25) is 0 Å². The Morgan fingerprint density at radius 2 is 2.27 bits per heavy atom. The Balaban J connectivity index is 2.87. The van der Waals surface area contributed by atoms with Crippen LogP contribution in [0.3, 0.4) is 0 Å². The van der Waals surface area contributed by atoms with E-state index in [1.807, 2.05) is 0 Å². The minimum absolute atomic E-state index is 0.156. The minimum Gasteiger partial charge on any atom is -0.530 e. The molecule has 4 nitrogen and oxygen atoms in total. The summed E-state index contributed by atoms with van der Waals surface area (Å²) in [6, 6.07) is 0. The molecule has 0 spiro atoms. The lowest BCUT2D eigenvalue weighted by Gasteiger charge is -2.36. The van der Waals surface area contributed by atoms with Crippen molar-refractivity contribution in [1.29, 1.82) is 0 Å². The summed E-state index contributed by atoms with van der Waals surface area (Å²) in [5.74, 6) is 0. The molecular weight excluding hydrogens is 264 g/mol. The average Bonchev–Trinajstić information content (AvgIpc) is 2.27. The van der Waals surface area contributed by atoms with Gasteiger partial charge < -0.3 is 20.3 Å². The van der Waals surface area contributed by atoms with Crippen molar-refractivity contribution in [3.05, 3.63) is 12.2 Å². The van der Waals surface area contributed by atoms with Gasteiger partial charge in [-0.3, -0.25) is 0 Å². The normalized spacial score (nSPS) is 30.5. The summed E-state index contributed by atoms with van der Waals surface area (Å²) in [7, 11) is 0. The molecule has 2 N–H and O–H groups in total. The van der Waals surface area contributed by atoms with Crippen LogP contribution in [0.15, 0.2) is 12.2 Å². The Kier molecular flexibility index (Phi) is 3.76. The van der Waals surface area contributed by atoms with E-state index in [1.165, 1.54) is 6.08 Å². The quantitative estimate of drug-likeness (QED) is 0.576. The monoisotopic (exact) mass is 272 g/mol. The van der Waals surface area contributed by atoms with Crippen LogP contribution in [0, 0.1) is 0 Å². The van der Waals surface area contributed by atoms with Crippen LogP contribution in [0.5, 0.6) is 0 Å². The number of nitrogens with one attached hydrogen (secondary N) is 1. The molecule has 1 rings (SSSR count). The van der Waals surface area contributed by atoms with E-state index in [4.69, 9.17) is 34.8 Å². The van der Waals surface area contributed by atoms with Crippen LogP contribution in [0.1, 0.15) is 12.8 Å². The lowest BCUT2D eigenvalue weighted by atomic mass is 9.92. The third kappa shape index (κ3) is 3.41. The maximum Gasteiger partial charge on any atom is 0.193 e. The summed E-state index contributed by atoms with van der Waals surface area (Å²) in [4.78, 5) is 10.5. The van der Waals surface area contributed by atoms with Crippen LogP contribution in [-0.4, -0.2) is 26.6 Å². The Labute approximate surface area is 102 Å². The lowest BCUT2D eigenvalue weighted by molar-refractivity contribution is -0.253. The summed E-state index contributed by atoms with van der Waals surface area (Å²) in [6.07, 6.45) is 0.782. The molecule has 2 unspecified atom stereocenters. The summed E-state index contributed by atoms with van der Waals surface area (Å²) in [5.41, 5.74) is -1.27. The third-order valence-electron chi connectivity index (χ3n) is 2.20. The second kappa shape index (κ2) is 4.37. The molecule has 7 heteroatoms. The molecule has 86 valence electrons. The number of aliphatic hydroxyl groups excluding tert-OH is 1. The third-order valence-corrected chi connectivity index (χ3v) is 2.60. The van der Waals surface area contributed by atoms with E-state index in [2.05, 4.69) is 5.32 Å². The Bertz CT molecular complexity index is 289. The van der Waals surface area contributed by atoms with Crippen LogP contribution < -0.4 is 10.4 Å². The molecule has 15 heavy (non-hydrogen) atoms. The maximum absolute atomic E-state index is 10.5. The molecule has 1 aliphatic rings. The molecule has 0 aliphatic heterocycles. The SMILES string of the molecule is O=C([O-])NC1(CC(Cl)(Cl)Cl)C=CCC1O. The molecule has 0 aromatic heterocycles. The van der Waals surface area contributed by atoms with Gasteiger partial charge in [0.15, 0.2) is 3.79 Å². The van der Waals surface area contributed by atoms with Crippen LogP contribution in [0.25, 0.3) is 0 Å². The summed E-state index contributed by atoms with van der Waals surface area (Å²) < 4.78 is -1.65. The number of aliphatic hydroxyl groups is 1. The molecule has 0 heterocycles. The highest BCUT2D eigenvalue weighted by Crippen LogP contribution is 2.39. The molecule has 0 radical (unpaired) electrons. The van der Waals surface area contributed by atoms with E-state index in [1.54, 1.807) is 6.08 Å². The van der Waals surface area contributed by atoms with Crippen molar-refractivity contribution in [2.75, 3.05) is 0 Å². The van der Waals surface area contributed by atoms with E-state index >= 15 is 0 Å². The van der Waals surface area contributed by atoms with Crippen LogP contribution in [-0.2, 0) is 0 Å². The fourth-order valence-electron chi connectivity index (χ4n) is 1.60. The molecule has 0 bridgehead atoms. The summed E-state index contributed by atoms with van der Waals surface area (Å²) in [6.45, 7) is 0. The average molecular weight is 274 g/mol. The molecule has 0 saturated heterocycles. The first-order valence-corrected chi connectivity index (χ1v) is 5.30. The largest absolute Gasteiger partial charge is 0.530 e. The van der Waals surface area contributed by atoms with Gasteiger partial charge in [-0.2, -0.15) is 0 Å². The first kappa shape index (κ1) is 12.9. The number of carbonyl (C=O) groups excluding carboxylic acids is 1. The second-order valence-corrected chi connectivity index (χ2v) is 5.91. The van der Waals surface area contributed by atoms with Crippen molar-refractivity contribution >= 4 is 40.9 Å². The van der Waals surface area contributed by atoms with Crippen molar-refractivity contribution in [3.8, 4) is 0 Å². The first-order valence-electron chi connectivity index (χ1n) is 4.17. The van der Waals surface area contributed by atoms with Gasteiger partial charge in [-0.05, 0) is 6.42 Å². The van der Waals surface area contributed by atoms with Gasteiger partial charge >= 0.3 is 0 Å². The number of halogens is 3. The van der Waals surface area contributed by atoms with Gasteiger partial charge in [0.05, 0.1) is 11.6 Å². The predicted molar refractivity (Wildman–Crippen MR) is 55.9 cm³/mol. The molecule has 0 aromatic carbocycles. The molecule has 0 fully saturated rings. The minimum atomic E-state index is -1.65. The van der Waals surface area contributed by atoms with Crippen LogP contribution in [0.4, 0.5) is 4.79 Å². The fourth-order valence-corrected chi connectivity index (χ4v) is 2.26. The number of hydrogen-bond donors (Lipinski definition) is 2. The standard InChI is InChI=1S/C8H10Cl3NO3/c9-8(10,11)4-7(12-6(14)15)3-1-2-5(7)13/h1,3,5,12-13H,2,4H2,(H,14,15)/p-1. The predicted octanol–water partition coefficient (Wildman–Crippen LogP) is 0.739. The highest BCUT2D eigenvalue weighted by molar-refractivity contribution is 6.67. The Hall–Kier alpha value is -0.160. The van der Waals surface area contributed by atoms with Crippen molar-refractivity contribution in [1.82, 2.24) is 5.32 Å².